The van der Waals surface area contributed by atoms with Gasteiger partial charge in [-0.1, -0.05) is 19.9 Å². The Kier molecular flexibility index (Phi) is 6.62. The molecule has 2 unspecified atom stereocenters. The molecule has 2 atom stereocenters. The molecule has 0 saturated carbocycles. The fraction of sp³-hybridized carbons (Fsp3) is 0.562. The SMILES string of the molecule is COC(=O)C(CC(C)C)NC(C)c1ccc(F)c(OC)c1. The van der Waals surface area contributed by atoms with Crippen LogP contribution in [-0.2, 0) is 9.53 Å². The van der Waals surface area contributed by atoms with E-state index < -0.39 is 5.82 Å². The van der Waals surface area contributed by atoms with E-state index >= 15 is 0 Å². The second-order valence-electron chi connectivity index (χ2n) is 5.49. The van der Waals surface area contributed by atoms with Crippen LogP contribution < -0.4 is 10.1 Å². The van der Waals surface area contributed by atoms with E-state index in [1.165, 1.54) is 20.3 Å². The van der Waals surface area contributed by atoms with Gasteiger partial charge in [0.15, 0.2) is 11.6 Å². The Balaban J connectivity index is 2.85. The molecule has 0 spiro atoms. The molecule has 4 nitrogen and oxygen atoms in total. The van der Waals surface area contributed by atoms with Gasteiger partial charge in [-0.2, -0.15) is 0 Å². The topological polar surface area (TPSA) is 47.6 Å². The minimum Gasteiger partial charge on any atom is -0.494 e. The number of rotatable bonds is 7. The molecule has 0 heterocycles. The molecule has 118 valence electrons. The van der Waals surface area contributed by atoms with E-state index in [2.05, 4.69) is 5.32 Å². The second-order valence-corrected chi connectivity index (χ2v) is 5.49. The number of carbonyl (C=O) groups excluding carboxylic acids is 1. The average molecular weight is 297 g/mol. The Morgan fingerprint density at radius 1 is 1.29 bits per heavy atom. The minimum atomic E-state index is -0.403. The fourth-order valence-electron chi connectivity index (χ4n) is 2.19. The van der Waals surface area contributed by atoms with Crippen LogP contribution in [0.4, 0.5) is 4.39 Å². The third kappa shape index (κ3) is 5.01. The largest absolute Gasteiger partial charge is 0.494 e. The lowest BCUT2D eigenvalue weighted by Gasteiger charge is -2.23. The molecule has 5 heteroatoms. The Hall–Kier alpha value is -1.62. The summed E-state index contributed by atoms with van der Waals surface area (Å²) in [4.78, 5) is 11.8. The van der Waals surface area contributed by atoms with Gasteiger partial charge in [0, 0.05) is 6.04 Å². The molecule has 1 N–H and O–H groups in total. The number of hydrogen-bond donors (Lipinski definition) is 1. The first-order valence-corrected chi connectivity index (χ1v) is 7.06. The molecule has 0 amide bonds. The van der Waals surface area contributed by atoms with E-state index in [0.717, 1.165) is 5.56 Å². The average Bonchev–Trinajstić information content (AvgIpc) is 2.45. The maximum atomic E-state index is 13.4. The zero-order chi connectivity index (χ0) is 16.0. The van der Waals surface area contributed by atoms with E-state index in [1.54, 1.807) is 12.1 Å². The van der Waals surface area contributed by atoms with E-state index in [4.69, 9.17) is 9.47 Å². The summed E-state index contributed by atoms with van der Waals surface area (Å²) in [6.07, 6.45) is 0.676. The number of carbonyl (C=O) groups is 1. The van der Waals surface area contributed by atoms with E-state index in [9.17, 15) is 9.18 Å². The summed E-state index contributed by atoms with van der Waals surface area (Å²) >= 11 is 0. The molecule has 0 fully saturated rings. The number of esters is 1. The Morgan fingerprint density at radius 3 is 2.48 bits per heavy atom. The number of hydrogen-bond acceptors (Lipinski definition) is 4. The van der Waals surface area contributed by atoms with Crippen molar-refractivity contribution in [2.75, 3.05) is 14.2 Å². The Morgan fingerprint density at radius 2 is 1.95 bits per heavy atom. The normalized spacial score (nSPS) is 13.9. The molecule has 0 radical (unpaired) electrons. The first-order chi connectivity index (χ1) is 9.88. The summed E-state index contributed by atoms with van der Waals surface area (Å²) in [7, 11) is 2.80. The van der Waals surface area contributed by atoms with Gasteiger partial charge in [0.1, 0.15) is 6.04 Å². The smallest absolute Gasteiger partial charge is 0.322 e. The summed E-state index contributed by atoms with van der Waals surface area (Å²) in [5.74, 6) is -0.138. The predicted octanol–water partition coefficient (Wildman–Crippen LogP) is 3.07. The molecular weight excluding hydrogens is 273 g/mol. The van der Waals surface area contributed by atoms with Crippen molar-refractivity contribution in [2.24, 2.45) is 5.92 Å². The van der Waals surface area contributed by atoms with Crippen molar-refractivity contribution in [3.05, 3.63) is 29.6 Å². The summed E-state index contributed by atoms with van der Waals surface area (Å²) in [6.45, 7) is 6.01. The second kappa shape index (κ2) is 7.98. The van der Waals surface area contributed by atoms with Gasteiger partial charge < -0.3 is 9.47 Å². The van der Waals surface area contributed by atoms with E-state index in [-0.39, 0.29) is 23.8 Å². The van der Waals surface area contributed by atoms with Crippen LogP contribution in [0.1, 0.15) is 38.8 Å². The first-order valence-electron chi connectivity index (χ1n) is 7.06. The lowest BCUT2D eigenvalue weighted by atomic mass is 10.0. The third-order valence-electron chi connectivity index (χ3n) is 3.32. The van der Waals surface area contributed by atoms with Gasteiger partial charge in [0.25, 0.3) is 0 Å². The highest BCUT2D eigenvalue weighted by Crippen LogP contribution is 2.23. The Bertz CT molecular complexity index is 477. The van der Waals surface area contributed by atoms with Crippen molar-refractivity contribution < 1.29 is 18.7 Å². The molecule has 0 bridgehead atoms. The number of benzene rings is 1. The zero-order valence-electron chi connectivity index (χ0n) is 13.3. The summed E-state index contributed by atoms with van der Waals surface area (Å²) in [5, 5.41) is 3.23. The summed E-state index contributed by atoms with van der Waals surface area (Å²) in [5.41, 5.74) is 0.853. The molecule has 1 rings (SSSR count). The van der Waals surface area contributed by atoms with Gasteiger partial charge in [0.2, 0.25) is 0 Å². The van der Waals surface area contributed by atoms with Crippen LogP contribution in [0.2, 0.25) is 0 Å². The van der Waals surface area contributed by atoms with E-state index in [0.29, 0.717) is 12.3 Å². The van der Waals surface area contributed by atoms with Crippen molar-refractivity contribution in [3.63, 3.8) is 0 Å². The van der Waals surface area contributed by atoms with Crippen LogP contribution in [0.3, 0.4) is 0 Å². The zero-order valence-corrected chi connectivity index (χ0v) is 13.3. The lowest BCUT2D eigenvalue weighted by molar-refractivity contribution is -0.143. The molecule has 0 aromatic heterocycles. The molecule has 0 aliphatic heterocycles. The minimum absolute atomic E-state index is 0.123. The van der Waals surface area contributed by atoms with Crippen LogP contribution in [-0.4, -0.2) is 26.2 Å². The van der Waals surface area contributed by atoms with Gasteiger partial charge in [-0.3, -0.25) is 10.1 Å². The third-order valence-corrected chi connectivity index (χ3v) is 3.32. The van der Waals surface area contributed by atoms with Crippen LogP contribution in [0.15, 0.2) is 18.2 Å². The van der Waals surface area contributed by atoms with Gasteiger partial charge in [0.05, 0.1) is 14.2 Å². The maximum absolute atomic E-state index is 13.4. The monoisotopic (exact) mass is 297 g/mol. The fourth-order valence-corrected chi connectivity index (χ4v) is 2.19. The molecular formula is C16H24FNO3. The molecule has 0 aliphatic rings. The van der Waals surface area contributed by atoms with Gasteiger partial charge in [-0.05, 0) is 37.0 Å². The highest BCUT2D eigenvalue weighted by molar-refractivity contribution is 5.75. The molecule has 21 heavy (non-hydrogen) atoms. The van der Waals surface area contributed by atoms with Gasteiger partial charge >= 0.3 is 5.97 Å². The highest BCUT2D eigenvalue weighted by Gasteiger charge is 2.23. The van der Waals surface area contributed by atoms with Crippen LogP contribution >= 0.6 is 0 Å². The number of halogens is 1. The maximum Gasteiger partial charge on any atom is 0.322 e. The van der Waals surface area contributed by atoms with Crippen molar-refractivity contribution in [1.29, 1.82) is 0 Å². The predicted molar refractivity (Wildman–Crippen MR) is 79.8 cm³/mol. The van der Waals surface area contributed by atoms with Gasteiger partial charge in [-0.15, -0.1) is 0 Å². The molecule has 0 saturated heterocycles. The van der Waals surface area contributed by atoms with Crippen molar-refractivity contribution in [3.8, 4) is 5.75 Å². The lowest BCUT2D eigenvalue weighted by Crippen LogP contribution is -2.40. The van der Waals surface area contributed by atoms with Crippen molar-refractivity contribution in [1.82, 2.24) is 5.32 Å². The Labute approximate surface area is 125 Å². The van der Waals surface area contributed by atoms with Gasteiger partial charge in [-0.25, -0.2) is 4.39 Å². The first kappa shape index (κ1) is 17.4. The number of methoxy groups -OCH3 is 2. The number of nitrogens with one attached hydrogen (secondary N) is 1. The van der Waals surface area contributed by atoms with Crippen LogP contribution in [0.25, 0.3) is 0 Å². The van der Waals surface area contributed by atoms with Crippen LogP contribution in [0, 0.1) is 11.7 Å². The van der Waals surface area contributed by atoms with Crippen LogP contribution in [0.5, 0.6) is 5.75 Å². The van der Waals surface area contributed by atoms with E-state index in [1.807, 2.05) is 20.8 Å². The molecule has 1 aromatic carbocycles. The number of ether oxygens (including phenoxy) is 2. The quantitative estimate of drug-likeness (QED) is 0.786. The summed E-state index contributed by atoms with van der Waals surface area (Å²) in [6, 6.07) is 4.17. The van der Waals surface area contributed by atoms with Crippen molar-refractivity contribution in [2.45, 2.75) is 39.3 Å². The molecule has 1 aromatic rings. The standard InChI is InChI=1S/C16H24FNO3/c1-10(2)8-14(16(19)21-5)18-11(3)12-6-7-13(17)15(9-12)20-4/h6-7,9-11,14,18H,8H2,1-5H3. The molecule has 0 aliphatic carbocycles. The highest BCUT2D eigenvalue weighted by atomic mass is 19.1. The van der Waals surface area contributed by atoms with Crippen molar-refractivity contribution >= 4 is 5.97 Å². The summed E-state index contributed by atoms with van der Waals surface area (Å²) < 4.78 is 23.2.